The lowest BCUT2D eigenvalue weighted by Crippen LogP contribution is -2.36. The Balaban J connectivity index is 1.15. The zero-order chi connectivity index (χ0) is 27.9. The van der Waals surface area contributed by atoms with Crippen LogP contribution in [-0.4, -0.2) is 39.6 Å². The van der Waals surface area contributed by atoms with Crippen molar-refractivity contribution in [2.45, 2.75) is 31.2 Å². The van der Waals surface area contributed by atoms with Crippen molar-refractivity contribution in [2.75, 3.05) is 13.1 Å². The highest BCUT2D eigenvalue weighted by molar-refractivity contribution is 7.16. The molecule has 7 nitrogen and oxygen atoms in total. The topological polar surface area (TPSA) is 118 Å². The van der Waals surface area contributed by atoms with Crippen molar-refractivity contribution < 1.29 is 15.3 Å². The predicted octanol–water partition coefficient (Wildman–Crippen LogP) is 4.40. The molecule has 0 amide bonds. The summed E-state index contributed by atoms with van der Waals surface area (Å²) in [6.45, 7) is 1.99. The standard InChI is InChI=1S/C32H33N3O4S/c36-27-15-14-25(30-28(27)35-32(39)40-30)29(37)31(38)34-17-16-21-8-7-9-22(18-21)19-33-20-26(23-10-3-1-4-11-23)24-12-5-2-6-13-24/h1-15,18,26,29,31,33-34,36-38H,16-17,19-20H2,(H,35,39). The number of aliphatic hydroxyl groups is 2. The molecule has 1 heterocycles. The van der Waals surface area contributed by atoms with Crippen molar-refractivity contribution in [1.82, 2.24) is 15.6 Å². The van der Waals surface area contributed by atoms with E-state index in [1.807, 2.05) is 24.3 Å². The van der Waals surface area contributed by atoms with Crippen LogP contribution in [0.4, 0.5) is 0 Å². The van der Waals surface area contributed by atoms with Crippen molar-refractivity contribution in [3.8, 4) is 5.75 Å². The first kappa shape index (κ1) is 27.8. The quantitative estimate of drug-likeness (QED) is 0.127. The molecule has 2 atom stereocenters. The van der Waals surface area contributed by atoms with E-state index >= 15 is 0 Å². The highest BCUT2D eigenvalue weighted by atomic mass is 32.1. The summed E-state index contributed by atoms with van der Waals surface area (Å²) in [6.07, 6.45) is -1.83. The summed E-state index contributed by atoms with van der Waals surface area (Å²) in [5.74, 6) is 0.182. The minimum Gasteiger partial charge on any atom is -0.506 e. The molecular weight excluding hydrogens is 522 g/mol. The number of aromatic amines is 1. The molecule has 6 N–H and O–H groups in total. The molecule has 5 rings (SSSR count). The van der Waals surface area contributed by atoms with Gasteiger partial charge in [-0.1, -0.05) is 102 Å². The lowest BCUT2D eigenvalue weighted by Gasteiger charge is -2.20. The van der Waals surface area contributed by atoms with Gasteiger partial charge in [0, 0.05) is 31.1 Å². The maximum absolute atomic E-state index is 11.8. The molecule has 2 unspecified atom stereocenters. The largest absolute Gasteiger partial charge is 0.506 e. The number of aromatic hydroxyl groups is 1. The van der Waals surface area contributed by atoms with Crippen LogP contribution in [-0.2, 0) is 13.0 Å². The Bertz CT molecular complexity index is 1550. The first-order valence-electron chi connectivity index (χ1n) is 13.3. The van der Waals surface area contributed by atoms with E-state index in [1.54, 1.807) is 0 Å². The summed E-state index contributed by atoms with van der Waals surface area (Å²) in [7, 11) is 0. The molecule has 1 aromatic heterocycles. The number of aliphatic hydroxyl groups excluding tert-OH is 2. The molecule has 0 saturated carbocycles. The Morgan fingerprint density at radius 3 is 2.20 bits per heavy atom. The van der Waals surface area contributed by atoms with Crippen LogP contribution < -0.4 is 15.5 Å². The molecule has 8 heteroatoms. The summed E-state index contributed by atoms with van der Waals surface area (Å²) in [5, 5.41) is 37.9. The zero-order valence-corrected chi connectivity index (χ0v) is 22.8. The normalized spacial score (nSPS) is 13.1. The number of aromatic nitrogens is 1. The molecule has 0 aliphatic heterocycles. The summed E-state index contributed by atoms with van der Waals surface area (Å²) < 4.78 is 0.431. The number of H-pyrrole nitrogens is 1. The number of benzene rings is 4. The Kier molecular flexibility index (Phi) is 9.05. The number of hydrogen-bond acceptors (Lipinski definition) is 7. The van der Waals surface area contributed by atoms with Gasteiger partial charge in [0.2, 0.25) is 0 Å². The van der Waals surface area contributed by atoms with Crippen LogP contribution in [0.3, 0.4) is 0 Å². The highest BCUT2D eigenvalue weighted by Crippen LogP contribution is 2.32. The summed E-state index contributed by atoms with van der Waals surface area (Å²) in [5.41, 5.74) is 5.50. The van der Waals surface area contributed by atoms with E-state index in [-0.39, 0.29) is 22.1 Å². The molecule has 0 fully saturated rings. The average Bonchev–Trinajstić information content (AvgIpc) is 3.38. The smallest absolute Gasteiger partial charge is 0.305 e. The van der Waals surface area contributed by atoms with Crippen molar-refractivity contribution in [2.24, 2.45) is 0 Å². The van der Waals surface area contributed by atoms with Gasteiger partial charge in [0.15, 0.2) is 0 Å². The van der Waals surface area contributed by atoms with Gasteiger partial charge in [0.25, 0.3) is 0 Å². The molecule has 5 aromatic rings. The first-order valence-corrected chi connectivity index (χ1v) is 14.1. The maximum Gasteiger partial charge on any atom is 0.305 e. The number of hydrogen-bond donors (Lipinski definition) is 6. The van der Waals surface area contributed by atoms with Gasteiger partial charge >= 0.3 is 4.87 Å². The Morgan fingerprint density at radius 2 is 1.50 bits per heavy atom. The van der Waals surface area contributed by atoms with Gasteiger partial charge in [0.1, 0.15) is 23.6 Å². The molecule has 4 aromatic carbocycles. The maximum atomic E-state index is 11.8. The van der Waals surface area contributed by atoms with E-state index in [0.29, 0.717) is 23.2 Å². The van der Waals surface area contributed by atoms with E-state index in [2.05, 4.69) is 76.3 Å². The zero-order valence-electron chi connectivity index (χ0n) is 22.0. The van der Waals surface area contributed by atoms with Crippen LogP contribution in [0.1, 0.15) is 39.8 Å². The van der Waals surface area contributed by atoms with Crippen molar-refractivity contribution >= 4 is 21.6 Å². The number of nitrogens with one attached hydrogen (secondary N) is 3. The van der Waals surface area contributed by atoms with Gasteiger partial charge in [-0.3, -0.25) is 10.1 Å². The summed E-state index contributed by atoms with van der Waals surface area (Å²) in [4.78, 5) is 14.0. The fraction of sp³-hybridized carbons (Fsp3) is 0.219. The van der Waals surface area contributed by atoms with E-state index in [4.69, 9.17) is 0 Å². The molecule has 0 bridgehead atoms. The Labute approximate surface area is 236 Å². The minimum absolute atomic E-state index is 0.0724. The van der Waals surface area contributed by atoms with E-state index in [9.17, 15) is 20.1 Å². The SMILES string of the molecule is O=c1[nH]c2c(O)ccc(C(O)C(O)NCCc3cccc(CNCC(c4ccccc4)c4ccccc4)c3)c2s1. The number of thiazole rings is 1. The van der Waals surface area contributed by atoms with E-state index in [1.165, 1.54) is 28.8 Å². The van der Waals surface area contributed by atoms with Crippen molar-refractivity contribution in [3.63, 3.8) is 0 Å². The molecule has 0 radical (unpaired) electrons. The van der Waals surface area contributed by atoms with Crippen LogP contribution in [0.5, 0.6) is 5.75 Å². The predicted molar refractivity (Wildman–Crippen MR) is 160 cm³/mol. The summed E-state index contributed by atoms with van der Waals surface area (Å²) in [6, 6.07) is 32.3. The third kappa shape index (κ3) is 6.67. The minimum atomic E-state index is -1.26. The first-order chi connectivity index (χ1) is 19.5. The average molecular weight is 556 g/mol. The van der Waals surface area contributed by atoms with E-state index < -0.39 is 12.3 Å². The fourth-order valence-electron chi connectivity index (χ4n) is 4.97. The third-order valence-corrected chi connectivity index (χ3v) is 7.98. The number of fused-ring (bicyclic) bond motifs is 1. The fourth-order valence-corrected chi connectivity index (χ4v) is 5.88. The van der Waals surface area contributed by atoms with Gasteiger partial charge in [0.05, 0.1) is 4.70 Å². The molecule has 40 heavy (non-hydrogen) atoms. The van der Waals surface area contributed by atoms with E-state index in [0.717, 1.165) is 30.0 Å². The van der Waals surface area contributed by atoms with Crippen LogP contribution >= 0.6 is 11.3 Å². The molecule has 206 valence electrons. The highest BCUT2D eigenvalue weighted by Gasteiger charge is 2.22. The van der Waals surface area contributed by atoms with Crippen molar-refractivity contribution in [1.29, 1.82) is 0 Å². The van der Waals surface area contributed by atoms with Gasteiger partial charge in [-0.15, -0.1) is 0 Å². The summed E-state index contributed by atoms with van der Waals surface area (Å²) >= 11 is 0.890. The van der Waals surface area contributed by atoms with Crippen molar-refractivity contribution in [3.05, 3.63) is 135 Å². The second kappa shape index (κ2) is 13.0. The Morgan fingerprint density at radius 1 is 0.825 bits per heavy atom. The third-order valence-electron chi connectivity index (χ3n) is 7.05. The monoisotopic (exact) mass is 555 g/mol. The molecule has 0 spiro atoms. The lowest BCUT2D eigenvalue weighted by molar-refractivity contribution is -0.00168. The Hall–Kier alpha value is -3.79. The molecule has 0 aliphatic carbocycles. The molecule has 0 saturated heterocycles. The van der Waals surface area contributed by atoms with Crippen LogP contribution in [0.15, 0.2) is 102 Å². The second-order valence-electron chi connectivity index (χ2n) is 9.81. The lowest BCUT2D eigenvalue weighted by atomic mass is 9.91. The van der Waals surface area contributed by atoms with Gasteiger partial charge < -0.3 is 25.6 Å². The van der Waals surface area contributed by atoms with Crippen LogP contribution in [0, 0.1) is 0 Å². The van der Waals surface area contributed by atoms with Gasteiger partial charge in [-0.05, 0) is 34.7 Å². The number of phenols is 1. The van der Waals surface area contributed by atoms with Gasteiger partial charge in [-0.25, -0.2) is 0 Å². The number of rotatable bonds is 12. The second-order valence-corrected chi connectivity index (χ2v) is 10.8. The molecule has 0 aliphatic rings. The van der Waals surface area contributed by atoms with Crippen LogP contribution in [0.25, 0.3) is 10.2 Å². The van der Waals surface area contributed by atoms with Gasteiger partial charge in [-0.2, -0.15) is 0 Å². The number of phenolic OH excluding ortho intramolecular Hbond substituents is 1. The van der Waals surface area contributed by atoms with Crippen LogP contribution in [0.2, 0.25) is 0 Å². The molecular formula is C32H33N3O4S.